The number of hydrogen-bond acceptors (Lipinski definition) is 2. The van der Waals surface area contributed by atoms with Crippen molar-refractivity contribution in [3.8, 4) is 0 Å². The summed E-state index contributed by atoms with van der Waals surface area (Å²) in [5.41, 5.74) is 0.969. The molecule has 2 atom stereocenters. The second-order valence-corrected chi connectivity index (χ2v) is 3.66. The normalized spacial score (nSPS) is 14.6. The second kappa shape index (κ2) is 4.94. The van der Waals surface area contributed by atoms with Crippen LogP contribution in [0.15, 0.2) is 24.3 Å². The highest BCUT2D eigenvalue weighted by Gasteiger charge is 2.19. The van der Waals surface area contributed by atoms with Crippen LogP contribution < -0.4 is 0 Å². The molecule has 0 aromatic heterocycles. The number of carboxylic acid groups (broad SMARTS) is 1. The lowest BCUT2D eigenvalue weighted by atomic mass is 9.90. The molecule has 2 unspecified atom stereocenters. The number of aromatic carboxylic acids is 1. The molecule has 0 heterocycles. The maximum absolute atomic E-state index is 11.0. The summed E-state index contributed by atoms with van der Waals surface area (Å²) in [6, 6.07) is 6.81. The Balaban J connectivity index is 3.07. The van der Waals surface area contributed by atoms with Crippen molar-refractivity contribution in [3.05, 3.63) is 35.4 Å². The highest BCUT2D eigenvalue weighted by atomic mass is 16.4. The van der Waals surface area contributed by atoms with Crippen LogP contribution in [-0.4, -0.2) is 22.3 Å². The molecule has 0 saturated heterocycles. The van der Waals surface area contributed by atoms with Gasteiger partial charge in [-0.25, -0.2) is 4.79 Å². The minimum Gasteiger partial charge on any atom is -0.478 e. The van der Waals surface area contributed by atoms with E-state index < -0.39 is 12.1 Å². The molecule has 0 spiro atoms. The number of carboxylic acids is 1. The fourth-order valence-electron chi connectivity index (χ4n) is 1.65. The van der Waals surface area contributed by atoms with Gasteiger partial charge in [-0.1, -0.05) is 32.0 Å². The summed E-state index contributed by atoms with van der Waals surface area (Å²) in [6.45, 7) is 3.72. The molecule has 0 aliphatic heterocycles. The van der Waals surface area contributed by atoms with Gasteiger partial charge in [-0.3, -0.25) is 0 Å². The lowest BCUT2D eigenvalue weighted by Gasteiger charge is -2.19. The van der Waals surface area contributed by atoms with E-state index in [2.05, 4.69) is 0 Å². The molecule has 1 aromatic rings. The maximum Gasteiger partial charge on any atom is 0.335 e. The van der Waals surface area contributed by atoms with Crippen molar-refractivity contribution in [1.29, 1.82) is 0 Å². The molecule has 0 aliphatic carbocycles. The molecular formula is C12H16O3. The van der Waals surface area contributed by atoms with Gasteiger partial charge in [0.2, 0.25) is 0 Å². The number of carbonyl (C=O) groups is 1. The topological polar surface area (TPSA) is 57.5 Å². The van der Waals surface area contributed by atoms with E-state index in [4.69, 9.17) is 5.11 Å². The summed E-state index contributed by atoms with van der Waals surface area (Å²) >= 11 is 0. The molecule has 0 saturated carbocycles. The lowest BCUT2D eigenvalue weighted by Crippen LogP contribution is -2.17. The number of benzene rings is 1. The molecule has 0 aliphatic rings. The van der Waals surface area contributed by atoms with E-state index in [1.54, 1.807) is 24.3 Å². The Morgan fingerprint density at radius 2 is 2.00 bits per heavy atom. The standard InChI is InChI=1S/C12H16O3/c1-3-11(13)8(2)9-6-4-5-7-10(9)12(14)15/h4-8,11,13H,3H2,1-2H3,(H,14,15). The summed E-state index contributed by atoms with van der Waals surface area (Å²) in [7, 11) is 0. The van der Waals surface area contributed by atoms with Gasteiger partial charge in [-0.2, -0.15) is 0 Å². The van der Waals surface area contributed by atoms with Crippen LogP contribution >= 0.6 is 0 Å². The molecule has 0 amide bonds. The van der Waals surface area contributed by atoms with Gasteiger partial charge in [0, 0.05) is 5.92 Å². The van der Waals surface area contributed by atoms with E-state index >= 15 is 0 Å². The van der Waals surface area contributed by atoms with Crippen LogP contribution in [0, 0.1) is 0 Å². The number of aliphatic hydroxyl groups is 1. The molecule has 15 heavy (non-hydrogen) atoms. The molecule has 0 fully saturated rings. The highest BCUT2D eigenvalue weighted by Crippen LogP contribution is 2.24. The Kier molecular flexibility index (Phi) is 3.86. The first kappa shape index (κ1) is 11.7. The zero-order chi connectivity index (χ0) is 11.4. The van der Waals surface area contributed by atoms with E-state index in [1.807, 2.05) is 13.8 Å². The Morgan fingerprint density at radius 3 is 2.53 bits per heavy atom. The van der Waals surface area contributed by atoms with E-state index in [1.165, 1.54) is 0 Å². The van der Waals surface area contributed by atoms with E-state index in [0.717, 1.165) is 0 Å². The summed E-state index contributed by atoms with van der Waals surface area (Å²) in [5, 5.41) is 18.7. The molecule has 82 valence electrons. The third-order valence-electron chi connectivity index (χ3n) is 2.68. The summed E-state index contributed by atoms with van der Waals surface area (Å²) < 4.78 is 0. The number of aliphatic hydroxyl groups excluding tert-OH is 1. The van der Waals surface area contributed by atoms with Gasteiger partial charge in [0.05, 0.1) is 11.7 Å². The Labute approximate surface area is 89.4 Å². The summed E-state index contributed by atoms with van der Waals surface area (Å²) in [6.07, 6.45) is 0.125. The molecule has 3 nitrogen and oxygen atoms in total. The first-order chi connectivity index (χ1) is 7.07. The molecule has 1 rings (SSSR count). The third kappa shape index (κ3) is 2.57. The van der Waals surface area contributed by atoms with E-state index in [9.17, 15) is 9.90 Å². The van der Waals surface area contributed by atoms with Gasteiger partial charge >= 0.3 is 5.97 Å². The van der Waals surface area contributed by atoms with Crippen LogP contribution in [0.5, 0.6) is 0 Å². The molecule has 2 N–H and O–H groups in total. The number of hydrogen-bond donors (Lipinski definition) is 2. The minimum absolute atomic E-state index is 0.151. The van der Waals surface area contributed by atoms with Crippen LogP contribution in [0.4, 0.5) is 0 Å². The Bertz CT molecular complexity index is 346. The van der Waals surface area contributed by atoms with Crippen molar-refractivity contribution in [3.63, 3.8) is 0 Å². The van der Waals surface area contributed by atoms with Crippen LogP contribution in [-0.2, 0) is 0 Å². The zero-order valence-electron chi connectivity index (χ0n) is 8.97. The average Bonchev–Trinajstić information content (AvgIpc) is 2.27. The first-order valence-electron chi connectivity index (χ1n) is 5.08. The molecule has 3 heteroatoms. The SMILES string of the molecule is CCC(O)C(C)c1ccccc1C(=O)O. The van der Waals surface area contributed by atoms with Gasteiger partial charge in [-0.05, 0) is 18.1 Å². The first-order valence-corrected chi connectivity index (χ1v) is 5.08. The lowest BCUT2D eigenvalue weighted by molar-refractivity contribution is 0.0693. The van der Waals surface area contributed by atoms with Crippen LogP contribution in [0.25, 0.3) is 0 Å². The summed E-state index contributed by atoms with van der Waals surface area (Å²) in [4.78, 5) is 11.0. The van der Waals surface area contributed by atoms with Crippen molar-refractivity contribution in [2.45, 2.75) is 32.3 Å². The minimum atomic E-state index is -0.944. The molecule has 0 radical (unpaired) electrons. The van der Waals surface area contributed by atoms with E-state index in [0.29, 0.717) is 12.0 Å². The van der Waals surface area contributed by atoms with Crippen molar-refractivity contribution in [1.82, 2.24) is 0 Å². The zero-order valence-corrected chi connectivity index (χ0v) is 8.97. The predicted molar refractivity (Wildman–Crippen MR) is 58.1 cm³/mol. The summed E-state index contributed by atoms with van der Waals surface area (Å²) in [5.74, 6) is -1.09. The largest absolute Gasteiger partial charge is 0.478 e. The average molecular weight is 208 g/mol. The van der Waals surface area contributed by atoms with Crippen molar-refractivity contribution in [2.24, 2.45) is 0 Å². The van der Waals surface area contributed by atoms with Crippen molar-refractivity contribution < 1.29 is 15.0 Å². The molecular weight excluding hydrogens is 192 g/mol. The Morgan fingerprint density at radius 1 is 1.40 bits per heavy atom. The fourth-order valence-corrected chi connectivity index (χ4v) is 1.65. The Hall–Kier alpha value is -1.35. The quantitative estimate of drug-likeness (QED) is 0.798. The second-order valence-electron chi connectivity index (χ2n) is 3.66. The number of rotatable bonds is 4. The van der Waals surface area contributed by atoms with Crippen LogP contribution in [0.2, 0.25) is 0 Å². The van der Waals surface area contributed by atoms with Gasteiger partial charge in [0.15, 0.2) is 0 Å². The van der Waals surface area contributed by atoms with Gasteiger partial charge in [0.25, 0.3) is 0 Å². The molecule has 0 bridgehead atoms. The van der Waals surface area contributed by atoms with Crippen molar-refractivity contribution in [2.75, 3.05) is 0 Å². The van der Waals surface area contributed by atoms with Crippen molar-refractivity contribution >= 4 is 5.97 Å². The smallest absolute Gasteiger partial charge is 0.335 e. The highest BCUT2D eigenvalue weighted by molar-refractivity contribution is 5.89. The maximum atomic E-state index is 11.0. The third-order valence-corrected chi connectivity index (χ3v) is 2.68. The van der Waals surface area contributed by atoms with E-state index in [-0.39, 0.29) is 11.5 Å². The van der Waals surface area contributed by atoms with Gasteiger partial charge in [-0.15, -0.1) is 0 Å². The fraction of sp³-hybridized carbons (Fsp3) is 0.417. The van der Waals surface area contributed by atoms with Crippen LogP contribution in [0.3, 0.4) is 0 Å². The van der Waals surface area contributed by atoms with Gasteiger partial charge < -0.3 is 10.2 Å². The van der Waals surface area contributed by atoms with Crippen LogP contribution in [0.1, 0.15) is 42.1 Å². The monoisotopic (exact) mass is 208 g/mol. The van der Waals surface area contributed by atoms with Gasteiger partial charge in [0.1, 0.15) is 0 Å². The predicted octanol–water partition coefficient (Wildman–Crippen LogP) is 2.26. The molecule has 1 aromatic carbocycles.